The second kappa shape index (κ2) is 4.76. The number of halogens is 1. The van der Waals surface area contributed by atoms with Crippen molar-refractivity contribution < 1.29 is 14.3 Å². The Bertz CT molecular complexity index is 114. The van der Waals surface area contributed by atoms with Gasteiger partial charge in [-0.25, -0.2) is 4.79 Å². The van der Waals surface area contributed by atoms with Crippen molar-refractivity contribution in [3.63, 3.8) is 0 Å². The van der Waals surface area contributed by atoms with Crippen LogP contribution in [0.1, 0.15) is 13.8 Å². The fourth-order valence-electron chi connectivity index (χ4n) is 0.276. The van der Waals surface area contributed by atoms with Crippen LogP contribution in [0.5, 0.6) is 0 Å². The van der Waals surface area contributed by atoms with E-state index in [0.29, 0.717) is 5.92 Å². The van der Waals surface area contributed by atoms with Gasteiger partial charge in [0.1, 0.15) is 0 Å². The smallest absolute Gasteiger partial charge is 0.438 e. The zero-order valence-corrected chi connectivity index (χ0v) is 8.41. The highest BCUT2D eigenvalue weighted by Crippen LogP contribution is 2.14. The molecule has 0 aromatic carbocycles. The molecule has 0 radical (unpaired) electrons. The predicted octanol–water partition coefficient (Wildman–Crippen LogP) is 2.19. The molecular formula is C6H11IO3. The second-order valence-electron chi connectivity index (χ2n) is 2.17. The summed E-state index contributed by atoms with van der Waals surface area (Å²) in [5.41, 5.74) is 0. The summed E-state index contributed by atoms with van der Waals surface area (Å²) in [6.45, 7) is 3.94. The van der Waals surface area contributed by atoms with Crippen LogP contribution >= 0.6 is 22.6 Å². The van der Waals surface area contributed by atoms with Gasteiger partial charge < -0.3 is 9.47 Å². The molecule has 0 aromatic heterocycles. The van der Waals surface area contributed by atoms with Crippen LogP contribution in [-0.4, -0.2) is 17.4 Å². The van der Waals surface area contributed by atoms with Gasteiger partial charge in [0.05, 0.1) is 7.11 Å². The molecule has 0 rings (SSSR count). The van der Waals surface area contributed by atoms with E-state index >= 15 is 0 Å². The minimum absolute atomic E-state index is 0.106. The van der Waals surface area contributed by atoms with Crippen LogP contribution in [0.4, 0.5) is 4.79 Å². The van der Waals surface area contributed by atoms with Gasteiger partial charge in [-0.05, 0) is 28.5 Å². The van der Waals surface area contributed by atoms with E-state index in [1.807, 2.05) is 36.4 Å². The van der Waals surface area contributed by atoms with E-state index in [0.717, 1.165) is 0 Å². The lowest BCUT2D eigenvalue weighted by atomic mass is 10.2. The molecule has 0 saturated carbocycles. The maximum atomic E-state index is 10.5. The van der Waals surface area contributed by atoms with Crippen molar-refractivity contribution in [2.24, 2.45) is 5.92 Å². The molecule has 0 saturated heterocycles. The van der Waals surface area contributed by atoms with Crippen LogP contribution in [0.15, 0.2) is 0 Å². The van der Waals surface area contributed by atoms with Gasteiger partial charge in [0.15, 0.2) is 4.11 Å². The van der Waals surface area contributed by atoms with E-state index in [4.69, 9.17) is 4.74 Å². The van der Waals surface area contributed by atoms with E-state index in [1.165, 1.54) is 7.11 Å². The number of methoxy groups -OCH3 is 1. The molecule has 0 aromatic rings. The SMILES string of the molecule is COC(=O)OC(I)C(C)C. The van der Waals surface area contributed by atoms with E-state index in [2.05, 4.69) is 4.74 Å². The van der Waals surface area contributed by atoms with Gasteiger partial charge in [-0.15, -0.1) is 0 Å². The lowest BCUT2D eigenvalue weighted by Gasteiger charge is -2.12. The van der Waals surface area contributed by atoms with Crippen molar-refractivity contribution in [1.82, 2.24) is 0 Å². The van der Waals surface area contributed by atoms with Gasteiger partial charge in [-0.2, -0.15) is 0 Å². The van der Waals surface area contributed by atoms with E-state index in [1.54, 1.807) is 0 Å². The Labute approximate surface area is 74.2 Å². The molecule has 0 bridgehead atoms. The number of carbonyl (C=O) groups is 1. The standard InChI is InChI=1S/C6H11IO3/c1-4(2)5(7)10-6(8)9-3/h4-5H,1-3H3. The van der Waals surface area contributed by atoms with Crippen LogP contribution in [0.3, 0.4) is 0 Å². The fourth-order valence-corrected chi connectivity index (χ4v) is 0.484. The van der Waals surface area contributed by atoms with Gasteiger partial charge in [-0.3, -0.25) is 0 Å². The molecule has 0 fully saturated rings. The monoisotopic (exact) mass is 258 g/mol. The first-order chi connectivity index (χ1) is 4.57. The first-order valence-corrected chi connectivity index (χ1v) is 4.21. The molecule has 1 unspecified atom stereocenters. The molecule has 1 atom stereocenters. The Hall–Kier alpha value is 0. The zero-order valence-electron chi connectivity index (χ0n) is 6.26. The number of hydrogen-bond donors (Lipinski definition) is 0. The number of carbonyl (C=O) groups excluding carboxylic acids is 1. The Morgan fingerprint density at radius 3 is 2.30 bits per heavy atom. The van der Waals surface area contributed by atoms with Crippen molar-refractivity contribution in [2.75, 3.05) is 7.11 Å². The summed E-state index contributed by atoms with van der Waals surface area (Å²) < 4.78 is 8.99. The maximum Gasteiger partial charge on any atom is 0.509 e. The second-order valence-corrected chi connectivity index (χ2v) is 3.39. The van der Waals surface area contributed by atoms with Gasteiger partial charge in [0.25, 0.3) is 0 Å². The molecule has 0 spiro atoms. The summed E-state index contributed by atoms with van der Waals surface area (Å²) in [5, 5.41) is 0. The zero-order chi connectivity index (χ0) is 8.15. The van der Waals surface area contributed by atoms with Crippen molar-refractivity contribution in [3.05, 3.63) is 0 Å². The summed E-state index contributed by atoms with van der Waals surface area (Å²) in [6, 6.07) is 0. The molecule has 0 heterocycles. The largest absolute Gasteiger partial charge is 0.509 e. The molecule has 0 aliphatic heterocycles. The summed E-state index contributed by atoms with van der Waals surface area (Å²) in [7, 11) is 1.30. The van der Waals surface area contributed by atoms with Crippen LogP contribution in [0, 0.1) is 5.92 Å². The van der Waals surface area contributed by atoms with Crippen LogP contribution in [-0.2, 0) is 9.47 Å². The normalized spacial score (nSPS) is 12.9. The lowest BCUT2D eigenvalue weighted by molar-refractivity contribution is 0.0575. The molecule has 0 aliphatic carbocycles. The lowest BCUT2D eigenvalue weighted by Crippen LogP contribution is -2.16. The Kier molecular flexibility index (Phi) is 4.76. The number of alkyl halides is 1. The minimum Gasteiger partial charge on any atom is -0.438 e. The summed E-state index contributed by atoms with van der Waals surface area (Å²) in [5.74, 6) is 0.319. The molecule has 0 aliphatic rings. The highest BCUT2D eigenvalue weighted by molar-refractivity contribution is 14.1. The average Bonchev–Trinajstić information content (AvgIpc) is 1.87. The molecular weight excluding hydrogens is 247 g/mol. The molecule has 60 valence electrons. The first kappa shape index (κ1) is 10.0. The van der Waals surface area contributed by atoms with Gasteiger partial charge in [-0.1, -0.05) is 13.8 Å². The van der Waals surface area contributed by atoms with Crippen molar-refractivity contribution in [3.8, 4) is 0 Å². The molecule has 0 amide bonds. The van der Waals surface area contributed by atoms with Gasteiger partial charge >= 0.3 is 6.16 Å². The molecule has 4 heteroatoms. The van der Waals surface area contributed by atoms with Crippen LogP contribution in [0.2, 0.25) is 0 Å². The number of hydrogen-bond acceptors (Lipinski definition) is 3. The van der Waals surface area contributed by atoms with Crippen LogP contribution in [0.25, 0.3) is 0 Å². The van der Waals surface area contributed by atoms with Crippen molar-refractivity contribution >= 4 is 28.7 Å². The third-order valence-corrected chi connectivity index (χ3v) is 2.59. The quantitative estimate of drug-likeness (QED) is 0.432. The first-order valence-electron chi connectivity index (χ1n) is 2.96. The minimum atomic E-state index is -0.617. The van der Waals surface area contributed by atoms with E-state index in [-0.39, 0.29) is 4.11 Å². The Morgan fingerprint density at radius 2 is 2.00 bits per heavy atom. The highest BCUT2D eigenvalue weighted by Gasteiger charge is 2.13. The summed E-state index contributed by atoms with van der Waals surface area (Å²) >= 11 is 2.05. The van der Waals surface area contributed by atoms with Gasteiger partial charge in [0, 0.05) is 0 Å². The summed E-state index contributed by atoms with van der Waals surface area (Å²) in [4.78, 5) is 10.5. The average molecular weight is 258 g/mol. The summed E-state index contributed by atoms with van der Waals surface area (Å²) in [6.07, 6.45) is -0.617. The van der Waals surface area contributed by atoms with Crippen molar-refractivity contribution in [2.45, 2.75) is 18.0 Å². The van der Waals surface area contributed by atoms with E-state index < -0.39 is 6.16 Å². The third kappa shape index (κ3) is 3.92. The molecule has 10 heavy (non-hydrogen) atoms. The Morgan fingerprint density at radius 1 is 1.50 bits per heavy atom. The highest BCUT2D eigenvalue weighted by atomic mass is 127. The van der Waals surface area contributed by atoms with E-state index in [9.17, 15) is 4.79 Å². The Balaban J connectivity index is 3.57. The number of ether oxygens (including phenoxy) is 2. The molecule has 0 N–H and O–H groups in total. The topological polar surface area (TPSA) is 35.5 Å². The maximum absolute atomic E-state index is 10.5. The van der Waals surface area contributed by atoms with Crippen molar-refractivity contribution in [1.29, 1.82) is 0 Å². The fraction of sp³-hybridized carbons (Fsp3) is 0.833. The van der Waals surface area contributed by atoms with Crippen LogP contribution < -0.4 is 0 Å². The predicted molar refractivity (Wildman–Crippen MR) is 46.1 cm³/mol. The number of rotatable bonds is 2. The van der Waals surface area contributed by atoms with Gasteiger partial charge in [0.2, 0.25) is 0 Å². The molecule has 3 nitrogen and oxygen atoms in total. The third-order valence-electron chi connectivity index (χ3n) is 0.900.